The molecule has 7 aromatic carbocycles. The van der Waals surface area contributed by atoms with Gasteiger partial charge in [0, 0.05) is 27.8 Å². The predicted molar refractivity (Wildman–Crippen MR) is 214 cm³/mol. The Balaban J connectivity index is 1.15. The molecule has 2 unspecified atom stereocenters. The zero-order valence-corrected chi connectivity index (χ0v) is 28.2. The second-order valence-electron chi connectivity index (χ2n) is 13.7. The van der Waals surface area contributed by atoms with Crippen molar-refractivity contribution in [2.75, 3.05) is 4.90 Å². The Morgan fingerprint density at radius 3 is 1.84 bits per heavy atom. The molecule has 1 aliphatic carbocycles. The van der Waals surface area contributed by atoms with Crippen molar-refractivity contribution >= 4 is 38.9 Å². The molecule has 0 spiro atoms. The van der Waals surface area contributed by atoms with Gasteiger partial charge in [0.2, 0.25) is 0 Å². The summed E-state index contributed by atoms with van der Waals surface area (Å²) < 4.78 is 2.53. The summed E-state index contributed by atoms with van der Waals surface area (Å²) in [6, 6.07) is 64.5. The Morgan fingerprint density at radius 2 is 1.14 bits per heavy atom. The fourth-order valence-corrected chi connectivity index (χ4v) is 8.90. The zero-order chi connectivity index (χ0) is 33.8. The number of hydrogen-bond acceptors (Lipinski definition) is 1. The van der Waals surface area contributed by atoms with E-state index < -0.39 is 0 Å². The molecule has 0 bridgehead atoms. The van der Waals surface area contributed by atoms with Gasteiger partial charge in [-0.15, -0.1) is 0 Å². The van der Waals surface area contributed by atoms with Gasteiger partial charge in [-0.05, 0) is 94.8 Å². The summed E-state index contributed by atoms with van der Waals surface area (Å²) in [5.41, 5.74) is 13.4. The molecular weight excluding hydrogens is 617 g/mol. The lowest BCUT2D eigenvalue weighted by molar-refractivity contribution is 0.445. The Kier molecular flexibility index (Phi) is 6.89. The number of allylic oxidation sites excluding steroid dienone is 4. The van der Waals surface area contributed by atoms with Crippen LogP contribution in [0, 0.1) is 5.92 Å². The third kappa shape index (κ3) is 4.50. The van der Waals surface area contributed by atoms with Crippen LogP contribution in [0.15, 0.2) is 200 Å². The minimum absolute atomic E-state index is 0.281. The second-order valence-corrected chi connectivity index (χ2v) is 13.7. The van der Waals surface area contributed by atoms with Crippen molar-refractivity contribution in [1.82, 2.24) is 4.57 Å². The van der Waals surface area contributed by atoms with Gasteiger partial charge >= 0.3 is 0 Å². The highest BCUT2D eigenvalue weighted by atomic mass is 15.1. The van der Waals surface area contributed by atoms with Crippen LogP contribution in [0.4, 0.5) is 17.1 Å². The van der Waals surface area contributed by atoms with E-state index in [1.807, 2.05) is 0 Å². The van der Waals surface area contributed by atoms with Gasteiger partial charge in [-0.2, -0.15) is 0 Å². The van der Waals surface area contributed by atoms with Crippen LogP contribution in [0.1, 0.15) is 23.1 Å². The molecule has 1 aromatic heterocycles. The Hall–Kier alpha value is -6.38. The fraction of sp³-hybridized carbons (Fsp3) is 0.0612. The Bertz CT molecular complexity index is 2560. The number of rotatable bonds is 6. The van der Waals surface area contributed by atoms with E-state index in [9.17, 15) is 0 Å². The second kappa shape index (κ2) is 11.9. The summed E-state index contributed by atoms with van der Waals surface area (Å²) in [4.78, 5) is 2.31. The molecule has 2 heterocycles. The van der Waals surface area contributed by atoms with E-state index in [1.165, 1.54) is 55.3 Å². The van der Waals surface area contributed by atoms with Crippen molar-refractivity contribution in [3.63, 3.8) is 0 Å². The molecule has 1 aliphatic heterocycles. The van der Waals surface area contributed by atoms with Gasteiger partial charge in [-0.3, -0.25) is 0 Å². The minimum Gasteiger partial charge on any atom is -0.311 e. The average Bonchev–Trinajstić information content (AvgIpc) is 3.55. The first-order valence-corrected chi connectivity index (χ1v) is 17.9. The van der Waals surface area contributed by atoms with Gasteiger partial charge in [-0.25, -0.2) is 0 Å². The highest BCUT2D eigenvalue weighted by Crippen LogP contribution is 2.56. The Labute approximate surface area is 298 Å². The van der Waals surface area contributed by atoms with Crippen LogP contribution >= 0.6 is 0 Å². The third-order valence-corrected chi connectivity index (χ3v) is 11.0. The fourth-order valence-electron chi connectivity index (χ4n) is 8.90. The largest absolute Gasteiger partial charge is 0.311 e. The van der Waals surface area contributed by atoms with Gasteiger partial charge in [0.15, 0.2) is 0 Å². The first-order valence-electron chi connectivity index (χ1n) is 17.9. The highest BCUT2D eigenvalue weighted by Gasteiger charge is 2.48. The van der Waals surface area contributed by atoms with Crippen LogP contribution in [0.25, 0.3) is 38.6 Å². The maximum Gasteiger partial charge on any atom is 0.0585 e. The molecule has 8 aromatic rings. The van der Waals surface area contributed by atoms with Crippen molar-refractivity contribution in [3.05, 3.63) is 217 Å². The van der Waals surface area contributed by atoms with Crippen LogP contribution in [-0.2, 0) is 5.41 Å². The van der Waals surface area contributed by atoms with E-state index in [4.69, 9.17) is 0 Å². The molecule has 0 N–H and O–H groups in total. The molecule has 10 rings (SSSR count). The number of aromatic nitrogens is 1. The summed E-state index contributed by atoms with van der Waals surface area (Å²) in [6.45, 7) is 0. The van der Waals surface area contributed by atoms with E-state index in [1.54, 1.807) is 0 Å². The van der Waals surface area contributed by atoms with E-state index in [0.29, 0.717) is 0 Å². The van der Waals surface area contributed by atoms with Crippen LogP contribution in [0.2, 0.25) is 0 Å². The van der Waals surface area contributed by atoms with Crippen LogP contribution in [0.5, 0.6) is 0 Å². The lowest BCUT2D eigenvalue weighted by Gasteiger charge is -2.45. The smallest absolute Gasteiger partial charge is 0.0585 e. The molecule has 242 valence electrons. The SMILES string of the molecule is C1=CCC(C2(c3ccccc3)c3ccccc3-n3c4ccc(-c5ccc(N(c6ccccc6)c6ccccc6)cc5)cc4c4cccc2c43)C=C1. The number of hydrogen-bond donors (Lipinski definition) is 0. The summed E-state index contributed by atoms with van der Waals surface area (Å²) in [5, 5.41) is 2.58. The van der Waals surface area contributed by atoms with Crippen molar-refractivity contribution in [1.29, 1.82) is 0 Å². The van der Waals surface area contributed by atoms with Gasteiger partial charge < -0.3 is 9.47 Å². The number of para-hydroxylation sites is 4. The monoisotopic (exact) mass is 652 g/mol. The molecule has 0 fully saturated rings. The maximum absolute atomic E-state index is 2.53. The first-order chi connectivity index (χ1) is 25.3. The van der Waals surface area contributed by atoms with Crippen LogP contribution < -0.4 is 4.90 Å². The van der Waals surface area contributed by atoms with Crippen molar-refractivity contribution < 1.29 is 0 Å². The van der Waals surface area contributed by atoms with Gasteiger partial charge in [0.05, 0.1) is 22.1 Å². The normalized spacial score (nSPS) is 17.5. The summed E-state index contributed by atoms with van der Waals surface area (Å²) >= 11 is 0. The zero-order valence-electron chi connectivity index (χ0n) is 28.2. The molecular formula is C49H36N2. The van der Waals surface area contributed by atoms with Crippen molar-refractivity contribution in [3.8, 4) is 16.8 Å². The minimum atomic E-state index is -0.328. The van der Waals surface area contributed by atoms with E-state index in [-0.39, 0.29) is 11.3 Å². The molecule has 0 amide bonds. The first kappa shape index (κ1) is 29.5. The van der Waals surface area contributed by atoms with Gasteiger partial charge in [0.1, 0.15) is 0 Å². The summed E-state index contributed by atoms with van der Waals surface area (Å²) in [5.74, 6) is 0.281. The number of nitrogens with zero attached hydrogens (tertiary/aromatic N) is 2. The van der Waals surface area contributed by atoms with Gasteiger partial charge in [0.25, 0.3) is 0 Å². The molecule has 51 heavy (non-hydrogen) atoms. The van der Waals surface area contributed by atoms with Crippen LogP contribution in [-0.4, -0.2) is 4.57 Å². The quantitative estimate of drug-likeness (QED) is 0.174. The molecule has 2 heteroatoms. The highest BCUT2D eigenvalue weighted by molar-refractivity contribution is 6.13. The van der Waals surface area contributed by atoms with E-state index in [2.05, 4.69) is 210 Å². The van der Waals surface area contributed by atoms with Gasteiger partial charge in [-0.1, -0.05) is 146 Å². The third-order valence-electron chi connectivity index (χ3n) is 11.0. The van der Waals surface area contributed by atoms with E-state index in [0.717, 1.165) is 23.5 Å². The Morgan fingerprint density at radius 1 is 0.510 bits per heavy atom. The van der Waals surface area contributed by atoms with E-state index >= 15 is 0 Å². The van der Waals surface area contributed by atoms with Crippen molar-refractivity contribution in [2.45, 2.75) is 11.8 Å². The molecule has 0 radical (unpaired) electrons. The molecule has 2 atom stereocenters. The number of fused-ring (bicyclic) bond motifs is 5. The van der Waals surface area contributed by atoms with Crippen molar-refractivity contribution in [2.24, 2.45) is 5.92 Å². The van der Waals surface area contributed by atoms with Crippen LogP contribution in [0.3, 0.4) is 0 Å². The average molecular weight is 653 g/mol. The lowest BCUT2D eigenvalue weighted by atomic mass is 9.58. The number of anilines is 3. The predicted octanol–water partition coefficient (Wildman–Crippen LogP) is 12.7. The topological polar surface area (TPSA) is 8.17 Å². The molecule has 2 aliphatic rings. The summed E-state index contributed by atoms with van der Waals surface area (Å²) in [7, 11) is 0. The molecule has 0 saturated carbocycles. The number of benzene rings is 7. The standard InChI is InChI=1S/C49H36N2/c1-5-16-37(17-6-1)49(38-18-7-2-8-19-38)44-25-13-14-27-47(44)51-46-33-30-36(34-43(46)42-24-15-26-45(49)48(42)51)35-28-31-41(32-29-35)50(39-20-9-3-10-21-39)40-22-11-4-12-23-40/h1-18,20-34,38H,19H2. The molecule has 2 nitrogen and oxygen atoms in total. The molecule has 0 saturated heterocycles. The maximum atomic E-state index is 2.53. The lowest BCUT2D eigenvalue weighted by Crippen LogP contribution is -2.40. The summed E-state index contributed by atoms with van der Waals surface area (Å²) in [6.07, 6.45) is 10.2.